The third kappa shape index (κ3) is 10.6. The predicted molar refractivity (Wildman–Crippen MR) is 64.1 cm³/mol. The smallest absolute Gasteiger partial charge is 0.407 e. The van der Waals surface area contributed by atoms with Crippen LogP contribution in [0.2, 0.25) is 0 Å². The minimum atomic E-state index is -1.64. The largest absolute Gasteiger partial charge is 0.445 e. The van der Waals surface area contributed by atoms with Crippen LogP contribution in [0, 0.1) is 0 Å². The SMILES string of the molecule is CCCC[C@H](F)CNC(=O)OCC(Cl)(Cl)Cl. The number of hydrogen-bond donors (Lipinski definition) is 1. The Labute approximate surface area is 110 Å². The number of amides is 1. The summed E-state index contributed by atoms with van der Waals surface area (Å²) in [5.41, 5.74) is 0. The maximum absolute atomic E-state index is 13.1. The first-order valence-electron chi connectivity index (χ1n) is 4.96. The molecule has 0 aliphatic heterocycles. The summed E-state index contributed by atoms with van der Waals surface area (Å²) in [4.78, 5) is 11.0. The first-order valence-corrected chi connectivity index (χ1v) is 6.10. The number of carbonyl (C=O) groups is 1. The Kier molecular flexibility index (Phi) is 8.24. The lowest BCUT2D eigenvalue weighted by atomic mass is 10.2. The van der Waals surface area contributed by atoms with Crippen LogP contribution in [0.4, 0.5) is 9.18 Å². The number of alkyl carbamates (subject to hydrolysis) is 1. The molecule has 0 bridgehead atoms. The van der Waals surface area contributed by atoms with E-state index < -0.39 is 16.1 Å². The molecule has 0 rings (SSSR count). The lowest BCUT2D eigenvalue weighted by Gasteiger charge is -2.13. The normalized spacial score (nSPS) is 13.3. The van der Waals surface area contributed by atoms with Gasteiger partial charge in [0, 0.05) is 0 Å². The van der Waals surface area contributed by atoms with E-state index in [1.807, 2.05) is 6.92 Å². The Balaban J connectivity index is 3.57. The summed E-state index contributed by atoms with van der Waals surface area (Å²) in [6.45, 7) is 1.52. The zero-order valence-electron chi connectivity index (χ0n) is 8.94. The molecule has 0 heterocycles. The number of halogens is 4. The van der Waals surface area contributed by atoms with Crippen molar-refractivity contribution < 1.29 is 13.9 Å². The Morgan fingerprint density at radius 1 is 1.50 bits per heavy atom. The van der Waals surface area contributed by atoms with E-state index in [9.17, 15) is 9.18 Å². The minimum absolute atomic E-state index is 0.0846. The second kappa shape index (κ2) is 8.20. The summed E-state index contributed by atoms with van der Waals surface area (Å²) in [7, 11) is 0. The van der Waals surface area contributed by atoms with Gasteiger partial charge in [-0.25, -0.2) is 9.18 Å². The van der Waals surface area contributed by atoms with Crippen LogP contribution in [-0.2, 0) is 4.74 Å². The van der Waals surface area contributed by atoms with E-state index in [1.165, 1.54) is 0 Å². The van der Waals surface area contributed by atoms with Gasteiger partial charge >= 0.3 is 6.09 Å². The molecule has 0 unspecified atom stereocenters. The van der Waals surface area contributed by atoms with Gasteiger partial charge in [0.15, 0.2) is 0 Å². The molecule has 0 saturated carbocycles. The Morgan fingerprint density at radius 3 is 2.62 bits per heavy atom. The van der Waals surface area contributed by atoms with Gasteiger partial charge in [0.25, 0.3) is 0 Å². The average Bonchev–Trinajstić information content (AvgIpc) is 2.19. The van der Waals surface area contributed by atoms with Gasteiger partial charge in [-0.3, -0.25) is 0 Å². The van der Waals surface area contributed by atoms with Crippen molar-refractivity contribution in [2.45, 2.75) is 36.2 Å². The molecule has 0 aromatic heterocycles. The van der Waals surface area contributed by atoms with E-state index in [4.69, 9.17) is 34.8 Å². The average molecular weight is 295 g/mol. The molecule has 96 valence electrons. The Morgan fingerprint density at radius 2 is 2.12 bits per heavy atom. The standard InChI is InChI=1S/C9H15Cl3FNO2/c1-2-3-4-7(13)5-14-8(15)16-6-9(10,11)12/h7H,2-6H2,1H3,(H,14,15)/t7-/m0/s1. The van der Waals surface area contributed by atoms with Gasteiger partial charge in [0.1, 0.15) is 12.8 Å². The molecular weight excluding hydrogens is 279 g/mol. The third-order valence-corrected chi connectivity index (χ3v) is 2.03. The Hall–Kier alpha value is 0.0700. The molecule has 0 aliphatic rings. The highest BCUT2D eigenvalue weighted by atomic mass is 35.6. The van der Waals surface area contributed by atoms with Crippen molar-refractivity contribution >= 4 is 40.9 Å². The van der Waals surface area contributed by atoms with Gasteiger partial charge in [0.2, 0.25) is 3.79 Å². The maximum Gasteiger partial charge on any atom is 0.407 e. The molecule has 0 aliphatic carbocycles. The van der Waals surface area contributed by atoms with E-state index in [0.29, 0.717) is 6.42 Å². The molecule has 0 saturated heterocycles. The molecule has 0 aromatic rings. The summed E-state index contributed by atoms with van der Waals surface area (Å²) >= 11 is 16.1. The van der Waals surface area contributed by atoms with E-state index >= 15 is 0 Å². The number of rotatable bonds is 6. The van der Waals surface area contributed by atoms with Crippen molar-refractivity contribution in [2.24, 2.45) is 0 Å². The quantitative estimate of drug-likeness (QED) is 0.760. The van der Waals surface area contributed by atoms with Crippen molar-refractivity contribution in [1.82, 2.24) is 5.32 Å². The van der Waals surface area contributed by atoms with Gasteiger partial charge in [-0.1, -0.05) is 54.6 Å². The number of hydrogen-bond acceptors (Lipinski definition) is 2. The first-order chi connectivity index (χ1) is 7.35. The van der Waals surface area contributed by atoms with Crippen LogP contribution in [0.5, 0.6) is 0 Å². The lowest BCUT2D eigenvalue weighted by Crippen LogP contribution is -2.32. The monoisotopic (exact) mass is 293 g/mol. The van der Waals surface area contributed by atoms with Gasteiger partial charge in [-0.15, -0.1) is 0 Å². The number of ether oxygens (including phenoxy) is 1. The van der Waals surface area contributed by atoms with E-state index in [-0.39, 0.29) is 13.2 Å². The highest BCUT2D eigenvalue weighted by Gasteiger charge is 2.22. The summed E-state index contributed by atoms with van der Waals surface area (Å²) in [6.07, 6.45) is 0.261. The van der Waals surface area contributed by atoms with Crippen LogP contribution < -0.4 is 5.32 Å². The lowest BCUT2D eigenvalue weighted by molar-refractivity contribution is 0.144. The second-order valence-electron chi connectivity index (χ2n) is 3.31. The first kappa shape index (κ1) is 16.1. The van der Waals surface area contributed by atoms with E-state index in [0.717, 1.165) is 12.8 Å². The van der Waals surface area contributed by atoms with Crippen LogP contribution in [0.1, 0.15) is 26.2 Å². The van der Waals surface area contributed by atoms with Gasteiger partial charge in [-0.05, 0) is 6.42 Å². The van der Waals surface area contributed by atoms with Gasteiger partial charge in [0.05, 0.1) is 6.54 Å². The number of unbranched alkanes of at least 4 members (excludes halogenated alkanes) is 1. The zero-order valence-corrected chi connectivity index (χ0v) is 11.2. The van der Waals surface area contributed by atoms with Gasteiger partial charge in [-0.2, -0.15) is 0 Å². The van der Waals surface area contributed by atoms with Gasteiger partial charge < -0.3 is 10.1 Å². The van der Waals surface area contributed by atoms with Crippen molar-refractivity contribution in [2.75, 3.05) is 13.2 Å². The van der Waals surface area contributed by atoms with E-state index in [2.05, 4.69) is 10.1 Å². The maximum atomic E-state index is 13.1. The molecule has 3 nitrogen and oxygen atoms in total. The molecule has 7 heteroatoms. The van der Waals surface area contributed by atoms with Crippen molar-refractivity contribution in [3.8, 4) is 0 Å². The van der Waals surface area contributed by atoms with Crippen LogP contribution in [0.25, 0.3) is 0 Å². The highest BCUT2D eigenvalue weighted by molar-refractivity contribution is 6.67. The minimum Gasteiger partial charge on any atom is -0.445 e. The molecule has 1 N–H and O–H groups in total. The molecular formula is C9H15Cl3FNO2. The predicted octanol–water partition coefficient (Wildman–Crippen LogP) is 3.61. The summed E-state index contributed by atoms with van der Waals surface area (Å²) in [6, 6.07) is 0. The fraction of sp³-hybridized carbons (Fsp3) is 0.889. The molecule has 0 aromatic carbocycles. The van der Waals surface area contributed by atoms with E-state index in [1.54, 1.807) is 0 Å². The molecule has 16 heavy (non-hydrogen) atoms. The van der Waals surface area contributed by atoms with Crippen LogP contribution in [0.15, 0.2) is 0 Å². The van der Waals surface area contributed by atoms with Crippen LogP contribution in [-0.4, -0.2) is 29.2 Å². The van der Waals surface area contributed by atoms with Crippen molar-refractivity contribution in [3.05, 3.63) is 0 Å². The molecule has 0 radical (unpaired) electrons. The van der Waals surface area contributed by atoms with Crippen molar-refractivity contribution in [3.63, 3.8) is 0 Å². The number of alkyl halides is 4. The summed E-state index contributed by atoms with van der Waals surface area (Å²) in [5.74, 6) is 0. The van der Waals surface area contributed by atoms with Crippen molar-refractivity contribution in [1.29, 1.82) is 0 Å². The number of carbonyl (C=O) groups excluding carboxylic acids is 1. The summed E-state index contributed by atoms with van der Waals surface area (Å²) in [5, 5.41) is 2.25. The highest BCUT2D eigenvalue weighted by Crippen LogP contribution is 2.25. The second-order valence-corrected chi connectivity index (χ2v) is 5.83. The molecule has 1 atom stereocenters. The fourth-order valence-electron chi connectivity index (χ4n) is 0.920. The third-order valence-electron chi connectivity index (χ3n) is 1.71. The van der Waals surface area contributed by atoms with Crippen LogP contribution in [0.3, 0.4) is 0 Å². The summed E-state index contributed by atoms with van der Waals surface area (Å²) < 4.78 is 16.0. The Bertz CT molecular complexity index is 211. The van der Waals surface area contributed by atoms with Crippen LogP contribution >= 0.6 is 34.8 Å². The topological polar surface area (TPSA) is 38.3 Å². The molecule has 0 spiro atoms. The molecule has 0 fully saturated rings. The molecule has 1 amide bonds. The zero-order chi connectivity index (χ0) is 12.6. The fourth-order valence-corrected chi connectivity index (χ4v) is 1.08. The number of nitrogens with one attached hydrogen (secondary N) is 1.